The molecule has 0 aliphatic heterocycles. The number of rotatable bonds is 5. The van der Waals surface area contributed by atoms with Crippen LogP contribution in [0.25, 0.3) is 5.69 Å². The Kier molecular flexibility index (Phi) is 5.71. The monoisotopic (exact) mass is 429 g/mol. The Balaban J connectivity index is 1.50. The van der Waals surface area contributed by atoms with Crippen LogP contribution in [0.5, 0.6) is 5.75 Å². The van der Waals surface area contributed by atoms with Crippen LogP contribution in [-0.4, -0.2) is 22.8 Å². The molecule has 8 heteroatoms. The van der Waals surface area contributed by atoms with Crippen LogP contribution in [0.1, 0.15) is 45.7 Å². The average molecular weight is 429 g/mol. The number of hydrogen-bond donors (Lipinski definition) is 1. The standard InChI is InChI=1S/C23H22F3N3O2/c1-31-18-12-6-15(7-13-18)14-27-22(30)16-8-10-17(11-9-16)29-20-5-3-2-4-19(20)21(28-29)23(24,25)26/h6-13H,2-5,14H2,1H3,(H,27,30). The Hall–Kier alpha value is -3.29. The number of amides is 1. The van der Waals surface area contributed by atoms with Crippen molar-refractivity contribution in [1.82, 2.24) is 15.1 Å². The van der Waals surface area contributed by atoms with E-state index < -0.39 is 11.9 Å². The molecule has 1 aromatic heterocycles. The van der Waals surface area contributed by atoms with E-state index in [0.29, 0.717) is 41.9 Å². The van der Waals surface area contributed by atoms with Crippen molar-refractivity contribution in [1.29, 1.82) is 0 Å². The second-order valence-electron chi connectivity index (χ2n) is 7.47. The zero-order chi connectivity index (χ0) is 22.0. The summed E-state index contributed by atoms with van der Waals surface area (Å²) < 4.78 is 46.7. The van der Waals surface area contributed by atoms with Crippen molar-refractivity contribution in [2.75, 3.05) is 7.11 Å². The molecule has 0 saturated heterocycles. The van der Waals surface area contributed by atoms with Gasteiger partial charge in [0.25, 0.3) is 5.91 Å². The lowest BCUT2D eigenvalue weighted by molar-refractivity contribution is -0.142. The van der Waals surface area contributed by atoms with Crippen LogP contribution in [0.4, 0.5) is 13.2 Å². The lowest BCUT2D eigenvalue weighted by Crippen LogP contribution is -2.22. The van der Waals surface area contributed by atoms with Gasteiger partial charge in [-0.3, -0.25) is 4.79 Å². The van der Waals surface area contributed by atoms with Crippen molar-refractivity contribution in [3.63, 3.8) is 0 Å². The normalized spacial score (nSPS) is 13.5. The molecule has 0 radical (unpaired) electrons. The molecule has 0 saturated carbocycles. The van der Waals surface area contributed by atoms with Gasteiger partial charge in [0.15, 0.2) is 5.69 Å². The van der Waals surface area contributed by atoms with E-state index in [0.717, 1.165) is 24.2 Å². The number of nitrogens with one attached hydrogen (secondary N) is 1. The molecular formula is C23H22F3N3O2. The molecule has 162 valence electrons. The number of benzene rings is 2. The van der Waals surface area contributed by atoms with Gasteiger partial charge in [-0.1, -0.05) is 12.1 Å². The van der Waals surface area contributed by atoms with E-state index in [1.165, 1.54) is 4.68 Å². The van der Waals surface area contributed by atoms with Gasteiger partial charge < -0.3 is 10.1 Å². The molecule has 0 fully saturated rings. The molecule has 3 aromatic rings. The zero-order valence-corrected chi connectivity index (χ0v) is 17.0. The van der Waals surface area contributed by atoms with Gasteiger partial charge >= 0.3 is 6.18 Å². The number of halogens is 3. The predicted octanol–water partition coefficient (Wildman–Crippen LogP) is 4.71. The Morgan fingerprint density at radius 2 is 1.74 bits per heavy atom. The minimum Gasteiger partial charge on any atom is -0.497 e. The maximum atomic E-state index is 13.4. The van der Waals surface area contributed by atoms with E-state index in [1.807, 2.05) is 24.3 Å². The molecule has 1 aliphatic carbocycles. The minimum absolute atomic E-state index is 0.263. The van der Waals surface area contributed by atoms with Crippen LogP contribution in [0, 0.1) is 0 Å². The molecule has 31 heavy (non-hydrogen) atoms. The van der Waals surface area contributed by atoms with E-state index in [9.17, 15) is 18.0 Å². The summed E-state index contributed by atoms with van der Waals surface area (Å²) in [6.45, 7) is 0.353. The maximum absolute atomic E-state index is 13.4. The van der Waals surface area contributed by atoms with Gasteiger partial charge in [-0.05, 0) is 67.6 Å². The van der Waals surface area contributed by atoms with Crippen molar-refractivity contribution >= 4 is 5.91 Å². The number of carbonyl (C=O) groups excluding carboxylic acids is 1. The first-order valence-corrected chi connectivity index (χ1v) is 10.1. The van der Waals surface area contributed by atoms with Crippen molar-refractivity contribution in [3.05, 3.63) is 76.6 Å². The summed E-state index contributed by atoms with van der Waals surface area (Å²) in [6.07, 6.45) is -1.97. The Bertz CT molecular complexity index is 1070. The van der Waals surface area contributed by atoms with E-state index in [-0.39, 0.29) is 5.91 Å². The van der Waals surface area contributed by atoms with Crippen molar-refractivity contribution in [2.45, 2.75) is 38.4 Å². The van der Waals surface area contributed by atoms with Gasteiger partial charge in [-0.15, -0.1) is 0 Å². The quantitative estimate of drug-likeness (QED) is 0.639. The summed E-state index contributed by atoms with van der Waals surface area (Å²) in [5.74, 6) is 0.473. The Morgan fingerprint density at radius 1 is 1.06 bits per heavy atom. The Morgan fingerprint density at radius 3 is 2.39 bits per heavy atom. The van der Waals surface area contributed by atoms with E-state index in [2.05, 4.69) is 10.4 Å². The topological polar surface area (TPSA) is 56.1 Å². The molecule has 2 aromatic carbocycles. The third kappa shape index (κ3) is 4.42. The summed E-state index contributed by atoms with van der Waals surface area (Å²) in [4.78, 5) is 12.5. The molecule has 1 aliphatic rings. The molecule has 0 atom stereocenters. The molecule has 1 amide bonds. The third-order valence-corrected chi connectivity index (χ3v) is 5.43. The number of fused-ring (bicyclic) bond motifs is 1. The largest absolute Gasteiger partial charge is 0.497 e. The summed E-state index contributed by atoms with van der Waals surface area (Å²) in [7, 11) is 1.59. The van der Waals surface area contributed by atoms with Crippen LogP contribution in [-0.2, 0) is 25.6 Å². The molecule has 0 unspecified atom stereocenters. The first-order valence-electron chi connectivity index (χ1n) is 10.1. The van der Waals surface area contributed by atoms with Crippen LogP contribution >= 0.6 is 0 Å². The number of aromatic nitrogens is 2. The van der Waals surface area contributed by atoms with Crippen LogP contribution in [0.15, 0.2) is 48.5 Å². The van der Waals surface area contributed by atoms with Gasteiger partial charge in [-0.25, -0.2) is 4.68 Å². The smallest absolute Gasteiger partial charge is 0.435 e. The van der Waals surface area contributed by atoms with Crippen molar-refractivity contribution in [3.8, 4) is 11.4 Å². The molecule has 0 spiro atoms. The summed E-state index contributed by atoms with van der Waals surface area (Å²) in [5.41, 5.74) is 1.96. The van der Waals surface area contributed by atoms with Crippen molar-refractivity contribution in [2.24, 2.45) is 0 Å². The number of hydrogen-bond acceptors (Lipinski definition) is 3. The second kappa shape index (κ2) is 8.45. The number of methoxy groups -OCH3 is 1. The fourth-order valence-corrected chi connectivity index (χ4v) is 3.82. The lowest BCUT2D eigenvalue weighted by atomic mass is 9.95. The van der Waals surface area contributed by atoms with Gasteiger partial charge in [0.05, 0.1) is 12.8 Å². The van der Waals surface area contributed by atoms with Gasteiger partial charge in [0, 0.05) is 23.4 Å². The average Bonchev–Trinajstić information content (AvgIpc) is 3.18. The number of nitrogens with zero attached hydrogens (tertiary/aromatic N) is 2. The number of alkyl halides is 3. The van der Waals surface area contributed by atoms with Crippen LogP contribution in [0.2, 0.25) is 0 Å². The highest BCUT2D eigenvalue weighted by Crippen LogP contribution is 2.36. The number of carbonyl (C=O) groups is 1. The molecule has 5 nitrogen and oxygen atoms in total. The second-order valence-corrected chi connectivity index (χ2v) is 7.47. The third-order valence-electron chi connectivity index (χ3n) is 5.43. The number of ether oxygens (including phenoxy) is 1. The SMILES string of the molecule is COc1ccc(CNC(=O)c2ccc(-n3nc(C(F)(F)F)c4c3CCCC4)cc2)cc1. The van der Waals surface area contributed by atoms with Crippen LogP contribution in [0.3, 0.4) is 0 Å². The molecule has 1 heterocycles. The Labute approximate surface area is 177 Å². The van der Waals surface area contributed by atoms with Gasteiger partial charge in [0.1, 0.15) is 5.75 Å². The maximum Gasteiger partial charge on any atom is 0.435 e. The first kappa shape index (κ1) is 21.0. The zero-order valence-electron chi connectivity index (χ0n) is 17.0. The molecular weight excluding hydrogens is 407 g/mol. The molecule has 4 rings (SSSR count). The highest BCUT2D eigenvalue weighted by atomic mass is 19.4. The molecule has 0 bridgehead atoms. The predicted molar refractivity (Wildman–Crippen MR) is 109 cm³/mol. The highest BCUT2D eigenvalue weighted by molar-refractivity contribution is 5.94. The van der Waals surface area contributed by atoms with E-state index >= 15 is 0 Å². The van der Waals surface area contributed by atoms with Crippen LogP contribution < -0.4 is 10.1 Å². The first-order chi connectivity index (χ1) is 14.9. The summed E-state index contributed by atoms with van der Waals surface area (Å²) in [6, 6.07) is 13.8. The highest BCUT2D eigenvalue weighted by Gasteiger charge is 2.39. The van der Waals surface area contributed by atoms with E-state index in [1.54, 1.807) is 31.4 Å². The summed E-state index contributed by atoms with van der Waals surface area (Å²) >= 11 is 0. The fraction of sp³-hybridized carbons (Fsp3) is 0.304. The minimum atomic E-state index is -4.48. The van der Waals surface area contributed by atoms with Crippen molar-refractivity contribution < 1.29 is 22.7 Å². The fourth-order valence-electron chi connectivity index (χ4n) is 3.82. The van der Waals surface area contributed by atoms with Gasteiger partial charge in [0.2, 0.25) is 0 Å². The lowest BCUT2D eigenvalue weighted by Gasteiger charge is -2.15. The van der Waals surface area contributed by atoms with E-state index in [4.69, 9.17) is 4.74 Å². The molecule has 1 N–H and O–H groups in total. The summed E-state index contributed by atoms with van der Waals surface area (Å²) in [5, 5.41) is 6.71. The van der Waals surface area contributed by atoms with Gasteiger partial charge in [-0.2, -0.15) is 18.3 Å².